The maximum absolute atomic E-state index is 11.7. The topological polar surface area (TPSA) is 61.5 Å². The molecule has 1 atom stereocenters. The van der Waals surface area contributed by atoms with Crippen LogP contribution in [0.3, 0.4) is 0 Å². The Hall–Kier alpha value is -0.750. The fourth-order valence-electron chi connectivity index (χ4n) is 1.05. The molecule has 0 rings (SSSR count). The van der Waals surface area contributed by atoms with Crippen molar-refractivity contribution in [1.82, 2.24) is 0 Å². The van der Waals surface area contributed by atoms with E-state index in [-0.39, 0.29) is 6.61 Å². The van der Waals surface area contributed by atoms with Gasteiger partial charge in [-0.2, -0.15) is 0 Å². The zero-order valence-electron chi connectivity index (χ0n) is 8.96. The SMILES string of the molecule is COC(=O)C(C)(N)CCCOCC(F)F. The molecule has 0 heterocycles. The highest BCUT2D eigenvalue weighted by atomic mass is 19.3. The van der Waals surface area contributed by atoms with Gasteiger partial charge in [0.25, 0.3) is 6.43 Å². The molecular formula is C9H17F2NO3. The zero-order chi connectivity index (χ0) is 11.9. The van der Waals surface area contributed by atoms with Gasteiger partial charge < -0.3 is 15.2 Å². The monoisotopic (exact) mass is 225 g/mol. The van der Waals surface area contributed by atoms with Crippen molar-refractivity contribution in [2.24, 2.45) is 5.73 Å². The first kappa shape index (κ1) is 14.2. The first-order valence-corrected chi connectivity index (χ1v) is 4.63. The number of rotatable bonds is 7. The third-order valence-electron chi connectivity index (χ3n) is 1.88. The number of carbonyl (C=O) groups is 1. The first-order valence-electron chi connectivity index (χ1n) is 4.63. The summed E-state index contributed by atoms with van der Waals surface area (Å²) in [6, 6.07) is 0. The van der Waals surface area contributed by atoms with E-state index >= 15 is 0 Å². The molecular weight excluding hydrogens is 208 g/mol. The van der Waals surface area contributed by atoms with Crippen molar-refractivity contribution in [2.45, 2.75) is 31.7 Å². The van der Waals surface area contributed by atoms with Crippen LogP contribution in [0.25, 0.3) is 0 Å². The number of ether oxygens (including phenoxy) is 2. The van der Waals surface area contributed by atoms with Crippen molar-refractivity contribution < 1.29 is 23.0 Å². The van der Waals surface area contributed by atoms with E-state index in [0.717, 1.165) is 0 Å². The van der Waals surface area contributed by atoms with Crippen molar-refractivity contribution in [1.29, 1.82) is 0 Å². The van der Waals surface area contributed by atoms with Gasteiger partial charge in [-0.25, -0.2) is 8.78 Å². The third-order valence-corrected chi connectivity index (χ3v) is 1.88. The van der Waals surface area contributed by atoms with Gasteiger partial charge >= 0.3 is 5.97 Å². The quantitative estimate of drug-likeness (QED) is 0.517. The van der Waals surface area contributed by atoms with Gasteiger partial charge in [0.05, 0.1) is 7.11 Å². The lowest BCUT2D eigenvalue weighted by atomic mass is 9.98. The van der Waals surface area contributed by atoms with Gasteiger partial charge in [0.1, 0.15) is 12.1 Å². The molecule has 0 aromatic heterocycles. The Morgan fingerprint density at radius 1 is 1.53 bits per heavy atom. The smallest absolute Gasteiger partial charge is 0.325 e. The van der Waals surface area contributed by atoms with Gasteiger partial charge in [-0.1, -0.05) is 0 Å². The average molecular weight is 225 g/mol. The highest BCUT2D eigenvalue weighted by Crippen LogP contribution is 2.10. The third kappa shape index (κ3) is 6.35. The molecule has 15 heavy (non-hydrogen) atoms. The van der Waals surface area contributed by atoms with Crippen LogP contribution < -0.4 is 5.73 Å². The summed E-state index contributed by atoms with van der Waals surface area (Å²) in [7, 11) is 1.25. The maximum atomic E-state index is 11.7. The van der Waals surface area contributed by atoms with Gasteiger partial charge in [0, 0.05) is 6.61 Å². The lowest BCUT2D eigenvalue weighted by molar-refractivity contribution is -0.146. The van der Waals surface area contributed by atoms with Crippen LogP contribution in [0, 0.1) is 0 Å². The lowest BCUT2D eigenvalue weighted by Gasteiger charge is -2.20. The fourth-order valence-corrected chi connectivity index (χ4v) is 1.05. The number of halogens is 2. The largest absolute Gasteiger partial charge is 0.468 e. The van der Waals surface area contributed by atoms with Crippen molar-refractivity contribution in [3.8, 4) is 0 Å². The molecule has 0 spiro atoms. The second-order valence-electron chi connectivity index (χ2n) is 3.48. The van der Waals surface area contributed by atoms with E-state index < -0.39 is 24.5 Å². The van der Waals surface area contributed by atoms with Crippen LogP contribution in [0.4, 0.5) is 8.78 Å². The van der Waals surface area contributed by atoms with Gasteiger partial charge in [-0.15, -0.1) is 0 Å². The Labute approximate surface area is 87.7 Å². The van der Waals surface area contributed by atoms with Crippen LogP contribution in [0.2, 0.25) is 0 Å². The predicted molar refractivity (Wildman–Crippen MR) is 50.7 cm³/mol. The number of esters is 1. The van der Waals surface area contributed by atoms with E-state index in [1.54, 1.807) is 0 Å². The molecule has 0 saturated carbocycles. The van der Waals surface area contributed by atoms with Crippen LogP contribution in [-0.4, -0.2) is 38.3 Å². The Morgan fingerprint density at radius 3 is 2.60 bits per heavy atom. The molecule has 6 heteroatoms. The molecule has 4 nitrogen and oxygen atoms in total. The Balaban J connectivity index is 3.62. The second kappa shape index (κ2) is 6.68. The van der Waals surface area contributed by atoms with Crippen molar-refractivity contribution in [3.05, 3.63) is 0 Å². The van der Waals surface area contributed by atoms with Crippen LogP contribution in [0.1, 0.15) is 19.8 Å². The lowest BCUT2D eigenvalue weighted by Crippen LogP contribution is -2.45. The summed E-state index contributed by atoms with van der Waals surface area (Å²) < 4.78 is 32.4. The second-order valence-corrected chi connectivity index (χ2v) is 3.48. The zero-order valence-corrected chi connectivity index (χ0v) is 8.96. The molecule has 90 valence electrons. The van der Waals surface area contributed by atoms with E-state index in [9.17, 15) is 13.6 Å². The molecule has 0 radical (unpaired) electrons. The molecule has 0 amide bonds. The van der Waals surface area contributed by atoms with Crippen molar-refractivity contribution in [3.63, 3.8) is 0 Å². The fraction of sp³-hybridized carbons (Fsp3) is 0.889. The van der Waals surface area contributed by atoms with Crippen LogP contribution in [-0.2, 0) is 14.3 Å². The molecule has 0 aliphatic carbocycles. The summed E-state index contributed by atoms with van der Waals surface area (Å²) >= 11 is 0. The molecule has 0 aliphatic heterocycles. The van der Waals surface area contributed by atoms with Gasteiger partial charge in [0.15, 0.2) is 0 Å². The van der Waals surface area contributed by atoms with Crippen molar-refractivity contribution >= 4 is 5.97 Å². The summed E-state index contributed by atoms with van der Waals surface area (Å²) in [5.41, 5.74) is 4.55. The summed E-state index contributed by atoms with van der Waals surface area (Å²) in [5, 5.41) is 0. The molecule has 0 saturated heterocycles. The van der Waals surface area contributed by atoms with Crippen LogP contribution in [0.5, 0.6) is 0 Å². The molecule has 2 N–H and O–H groups in total. The highest BCUT2D eigenvalue weighted by Gasteiger charge is 2.28. The van der Waals surface area contributed by atoms with Crippen LogP contribution in [0.15, 0.2) is 0 Å². The minimum Gasteiger partial charge on any atom is -0.468 e. The molecule has 0 aliphatic rings. The number of hydrogen-bond acceptors (Lipinski definition) is 4. The Morgan fingerprint density at radius 2 is 2.13 bits per heavy atom. The van der Waals surface area contributed by atoms with Crippen molar-refractivity contribution in [2.75, 3.05) is 20.3 Å². The summed E-state index contributed by atoms with van der Waals surface area (Å²) in [6.07, 6.45) is -1.69. The van der Waals surface area contributed by atoms with Gasteiger partial charge in [0.2, 0.25) is 0 Å². The normalized spacial score (nSPS) is 15.1. The van der Waals surface area contributed by atoms with Gasteiger partial charge in [-0.3, -0.25) is 4.79 Å². The highest BCUT2D eigenvalue weighted by molar-refractivity contribution is 5.79. The van der Waals surface area contributed by atoms with Gasteiger partial charge in [-0.05, 0) is 19.8 Å². The Bertz CT molecular complexity index is 198. The number of carbonyl (C=O) groups excluding carboxylic acids is 1. The molecule has 0 fully saturated rings. The number of alkyl halides is 2. The molecule has 0 aromatic rings. The van der Waals surface area contributed by atoms with E-state index in [2.05, 4.69) is 9.47 Å². The van der Waals surface area contributed by atoms with E-state index in [0.29, 0.717) is 12.8 Å². The van der Waals surface area contributed by atoms with E-state index in [1.165, 1.54) is 14.0 Å². The van der Waals surface area contributed by atoms with E-state index in [4.69, 9.17) is 5.73 Å². The van der Waals surface area contributed by atoms with Crippen LogP contribution >= 0.6 is 0 Å². The summed E-state index contributed by atoms with van der Waals surface area (Å²) in [5.74, 6) is -0.517. The number of nitrogens with two attached hydrogens (primary N) is 1. The maximum Gasteiger partial charge on any atom is 0.325 e. The number of hydrogen-bond donors (Lipinski definition) is 1. The molecule has 0 bridgehead atoms. The standard InChI is InChI=1S/C9H17F2NO3/c1-9(12,8(13)14-2)4-3-5-15-6-7(10)11/h7H,3-6,12H2,1-2H3. The first-order chi connectivity index (χ1) is 6.90. The minimum atomic E-state index is -2.46. The molecule has 1 unspecified atom stereocenters. The van der Waals surface area contributed by atoms with E-state index in [1.807, 2.05) is 0 Å². The predicted octanol–water partition coefficient (Wildman–Crippen LogP) is 0.939. The number of methoxy groups -OCH3 is 1. The summed E-state index contributed by atoms with van der Waals surface area (Å²) in [4.78, 5) is 11.1. The minimum absolute atomic E-state index is 0.161. The Kier molecular flexibility index (Phi) is 6.35. The average Bonchev–Trinajstić information content (AvgIpc) is 2.15. The summed E-state index contributed by atoms with van der Waals surface area (Å²) in [6.45, 7) is 1.11. The molecule has 0 aromatic carbocycles.